The molecule has 3 N–H and O–H groups in total. The molecule has 0 saturated heterocycles. The number of carboxylic acid groups (broad SMARTS) is 1. The van der Waals surface area contributed by atoms with Crippen LogP contribution in [-0.2, 0) is 20.7 Å². The molecule has 1 amide bonds. The Kier molecular flexibility index (Phi) is 5.81. The summed E-state index contributed by atoms with van der Waals surface area (Å²) in [7, 11) is 0. The van der Waals surface area contributed by atoms with Gasteiger partial charge in [-0.2, -0.15) is 0 Å². The number of amides is 1. The van der Waals surface area contributed by atoms with E-state index < -0.39 is 17.9 Å². The topological polar surface area (TPSA) is 95.9 Å². The fraction of sp³-hybridized carbons (Fsp3) is 0.385. The molecule has 0 saturated carbocycles. The maximum Gasteiger partial charge on any atom is 0.326 e. The monoisotopic (exact) mass is 267 g/mol. The van der Waals surface area contributed by atoms with Crippen molar-refractivity contribution in [2.45, 2.75) is 19.4 Å². The zero-order valence-corrected chi connectivity index (χ0v) is 10.6. The number of phenols is 1. The third-order valence-electron chi connectivity index (χ3n) is 2.49. The highest BCUT2D eigenvalue weighted by Crippen LogP contribution is 2.17. The smallest absolute Gasteiger partial charge is 0.326 e. The van der Waals surface area contributed by atoms with E-state index in [0.29, 0.717) is 12.2 Å². The van der Waals surface area contributed by atoms with Crippen LogP contribution in [0.3, 0.4) is 0 Å². The highest BCUT2D eigenvalue weighted by atomic mass is 16.5. The van der Waals surface area contributed by atoms with Gasteiger partial charge >= 0.3 is 5.97 Å². The van der Waals surface area contributed by atoms with Crippen molar-refractivity contribution >= 4 is 11.9 Å². The molecule has 0 aliphatic heterocycles. The number of carboxylic acids is 1. The number of benzene rings is 1. The lowest BCUT2D eigenvalue weighted by Gasteiger charge is -2.15. The number of aliphatic carboxylic acids is 1. The molecule has 0 aliphatic carbocycles. The van der Waals surface area contributed by atoms with Gasteiger partial charge in [-0.15, -0.1) is 0 Å². The largest absolute Gasteiger partial charge is 0.508 e. The van der Waals surface area contributed by atoms with Gasteiger partial charge < -0.3 is 20.3 Å². The van der Waals surface area contributed by atoms with E-state index in [2.05, 4.69) is 5.32 Å². The third-order valence-corrected chi connectivity index (χ3v) is 2.49. The normalized spacial score (nSPS) is 11.8. The number of phenolic OH excluding ortho intramolecular Hbond substituents is 1. The number of para-hydroxylation sites is 1. The first kappa shape index (κ1) is 15.0. The van der Waals surface area contributed by atoms with Gasteiger partial charge in [0.1, 0.15) is 18.4 Å². The first-order valence-corrected chi connectivity index (χ1v) is 5.91. The minimum atomic E-state index is -1.16. The molecule has 0 heterocycles. The van der Waals surface area contributed by atoms with Gasteiger partial charge in [0.2, 0.25) is 5.91 Å². The van der Waals surface area contributed by atoms with Crippen molar-refractivity contribution in [1.82, 2.24) is 5.32 Å². The maximum atomic E-state index is 11.4. The summed E-state index contributed by atoms with van der Waals surface area (Å²) in [6, 6.07) is 5.32. The average Bonchev–Trinajstić information content (AvgIpc) is 2.38. The van der Waals surface area contributed by atoms with E-state index in [1.54, 1.807) is 25.1 Å². The molecule has 1 aromatic carbocycles. The molecule has 19 heavy (non-hydrogen) atoms. The molecule has 0 spiro atoms. The number of nitrogens with one attached hydrogen (secondary N) is 1. The van der Waals surface area contributed by atoms with Crippen LogP contribution in [0.15, 0.2) is 24.3 Å². The van der Waals surface area contributed by atoms with Crippen molar-refractivity contribution in [2.24, 2.45) is 0 Å². The zero-order valence-electron chi connectivity index (χ0n) is 10.6. The average molecular weight is 267 g/mol. The Labute approximate surface area is 111 Å². The second-order valence-electron chi connectivity index (χ2n) is 3.93. The van der Waals surface area contributed by atoms with Crippen molar-refractivity contribution < 1.29 is 24.5 Å². The Hall–Kier alpha value is -2.08. The molecule has 1 rings (SSSR count). The predicted molar refractivity (Wildman–Crippen MR) is 67.9 cm³/mol. The summed E-state index contributed by atoms with van der Waals surface area (Å²) in [4.78, 5) is 22.5. The molecule has 0 bridgehead atoms. The Bertz CT molecular complexity index is 446. The molecule has 0 aromatic heterocycles. The van der Waals surface area contributed by atoms with Crippen LogP contribution >= 0.6 is 0 Å². The first-order chi connectivity index (χ1) is 9.04. The predicted octanol–water partition coefficient (Wildman–Crippen LogP) is 0.541. The lowest BCUT2D eigenvalue weighted by atomic mass is 10.0. The van der Waals surface area contributed by atoms with E-state index >= 15 is 0 Å². The third kappa shape index (κ3) is 4.97. The highest BCUT2D eigenvalue weighted by Gasteiger charge is 2.21. The Balaban J connectivity index is 2.66. The molecule has 1 aromatic rings. The summed E-state index contributed by atoms with van der Waals surface area (Å²) in [6.07, 6.45) is 0.0138. The van der Waals surface area contributed by atoms with Gasteiger partial charge in [-0.25, -0.2) is 4.79 Å². The molecule has 1 unspecified atom stereocenters. The SMILES string of the molecule is CCOCC(=O)NC(Cc1ccccc1O)C(=O)O. The molecule has 0 aliphatic rings. The van der Waals surface area contributed by atoms with Crippen LogP contribution in [-0.4, -0.2) is 41.3 Å². The van der Waals surface area contributed by atoms with Gasteiger partial charge in [-0.05, 0) is 18.6 Å². The van der Waals surface area contributed by atoms with Crippen LogP contribution in [0.4, 0.5) is 0 Å². The molecule has 1 atom stereocenters. The van der Waals surface area contributed by atoms with Gasteiger partial charge in [0.05, 0.1) is 0 Å². The van der Waals surface area contributed by atoms with E-state index in [-0.39, 0.29) is 18.8 Å². The van der Waals surface area contributed by atoms with Gasteiger partial charge in [0, 0.05) is 13.0 Å². The van der Waals surface area contributed by atoms with Crippen LogP contribution < -0.4 is 5.32 Å². The minimum Gasteiger partial charge on any atom is -0.508 e. The van der Waals surface area contributed by atoms with Crippen LogP contribution in [0.5, 0.6) is 5.75 Å². The quantitative estimate of drug-likeness (QED) is 0.670. The Morgan fingerprint density at radius 3 is 2.63 bits per heavy atom. The minimum absolute atomic E-state index is 0.00723. The summed E-state index contributed by atoms with van der Waals surface area (Å²) < 4.78 is 4.90. The van der Waals surface area contributed by atoms with Gasteiger partial charge in [-0.3, -0.25) is 4.79 Å². The lowest BCUT2D eigenvalue weighted by molar-refractivity contribution is -0.142. The molecular formula is C13H17NO5. The second kappa shape index (κ2) is 7.38. The van der Waals surface area contributed by atoms with E-state index in [0.717, 1.165) is 0 Å². The van der Waals surface area contributed by atoms with Crippen molar-refractivity contribution in [2.75, 3.05) is 13.2 Å². The van der Waals surface area contributed by atoms with Gasteiger partial charge in [0.15, 0.2) is 0 Å². The van der Waals surface area contributed by atoms with Crippen molar-refractivity contribution in [3.63, 3.8) is 0 Å². The second-order valence-corrected chi connectivity index (χ2v) is 3.93. The number of aromatic hydroxyl groups is 1. The van der Waals surface area contributed by atoms with Gasteiger partial charge in [-0.1, -0.05) is 18.2 Å². The number of carbonyl (C=O) groups excluding carboxylic acids is 1. The van der Waals surface area contributed by atoms with E-state index in [1.165, 1.54) is 6.07 Å². The number of ether oxygens (including phenoxy) is 1. The molecular weight excluding hydrogens is 250 g/mol. The fourth-order valence-corrected chi connectivity index (χ4v) is 1.53. The highest BCUT2D eigenvalue weighted by molar-refractivity contribution is 5.84. The maximum absolute atomic E-state index is 11.4. The molecule has 6 nitrogen and oxygen atoms in total. The van der Waals surface area contributed by atoms with Crippen LogP contribution in [0.25, 0.3) is 0 Å². The van der Waals surface area contributed by atoms with E-state index in [1.807, 2.05) is 0 Å². The lowest BCUT2D eigenvalue weighted by Crippen LogP contribution is -2.43. The summed E-state index contributed by atoms with van der Waals surface area (Å²) in [5, 5.41) is 21.0. The number of rotatable bonds is 7. The number of hydrogen-bond donors (Lipinski definition) is 3. The number of hydrogen-bond acceptors (Lipinski definition) is 4. The molecule has 104 valence electrons. The summed E-state index contributed by atoms with van der Waals surface area (Å²) in [5.41, 5.74) is 0.464. The van der Waals surface area contributed by atoms with E-state index in [9.17, 15) is 14.7 Å². The Morgan fingerprint density at radius 1 is 1.37 bits per heavy atom. The van der Waals surface area contributed by atoms with Gasteiger partial charge in [0.25, 0.3) is 0 Å². The van der Waals surface area contributed by atoms with Crippen molar-refractivity contribution in [3.8, 4) is 5.75 Å². The molecule has 6 heteroatoms. The molecule has 0 fully saturated rings. The van der Waals surface area contributed by atoms with Crippen LogP contribution in [0, 0.1) is 0 Å². The fourth-order valence-electron chi connectivity index (χ4n) is 1.53. The summed E-state index contributed by atoms with van der Waals surface area (Å²) in [5.74, 6) is -1.65. The van der Waals surface area contributed by atoms with Crippen molar-refractivity contribution in [1.29, 1.82) is 0 Å². The van der Waals surface area contributed by atoms with E-state index in [4.69, 9.17) is 9.84 Å². The zero-order chi connectivity index (χ0) is 14.3. The number of carbonyl (C=O) groups is 2. The molecule has 0 radical (unpaired) electrons. The van der Waals surface area contributed by atoms with Crippen molar-refractivity contribution in [3.05, 3.63) is 29.8 Å². The Morgan fingerprint density at radius 2 is 2.05 bits per heavy atom. The van der Waals surface area contributed by atoms with Crippen LogP contribution in [0.2, 0.25) is 0 Å². The van der Waals surface area contributed by atoms with Crippen LogP contribution in [0.1, 0.15) is 12.5 Å². The standard InChI is InChI=1S/C13H17NO5/c1-2-19-8-12(16)14-10(13(17)18)7-9-5-3-4-6-11(9)15/h3-6,10,15H,2,7-8H2,1H3,(H,14,16)(H,17,18). The summed E-state index contributed by atoms with van der Waals surface area (Å²) in [6.45, 7) is 1.94. The summed E-state index contributed by atoms with van der Waals surface area (Å²) >= 11 is 0. The first-order valence-electron chi connectivity index (χ1n) is 5.91.